The van der Waals surface area contributed by atoms with Crippen LogP contribution in [0.5, 0.6) is 0 Å². The molecule has 0 unspecified atom stereocenters. The molecule has 0 spiro atoms. The van der Waals surface area contributed by atoms with Crippen LogP contribution in [0.4, 0.5) is 0 Å². The van der Waals surface area contributed by atoms with Gasteiger partial charge in [0.05, 0.1) is 10.6 Å². The summed E-state index contributed by atoms with van der Waals surface area (Å²) in [5, 5.41) is 10.9. The van der Waals surface area contributed by atoms with E-state index in [1.54, 1.807) is 28.7 Å². The Balaban J connectivity index is 2.24. The third kappa shape index (κ3) is 3.80. The van der Waals surface area contributed by atoms with E-state index in [9.17, 15) is 9.59 Å². The predicted molar refractivity (Wildman–Crippen MR) is 107 cm³/mol. The van der Waals surface area contributed by atoms with Crippen molar-refractivity contribution in [3.8, 4) is 0 Å². The van der Waals surface area contributed by atoms with Gasteiger partial charge in [0.1, 0.15) is 0 Å². The first-order chi connectivity index (χ1) is 13.0. The molecule has 0 saturated heterocycles. The number of aromatic nitrogens is 3. The Morgan fingerprint density at radius 3 is 2.37 bits per heavy atom. The highest BCUT2D eigenvalue weighted by atomic mass is 35.5. The summed E-state index contributed by atoms with van der Waals surface area (Å²) >= 11 is 7.31. The number of amides is 1. The number of aryl methyl sites for hydroxylation is 1. The van der Waals surface area contributed by atoms with Crippen molar-refractivity contribution >= 4 is 40.8 Å². The van der Waals surface area contributed by atoms with Crippen molar-refractivity contribution in [3.63, 3.8) is 0 Å². The summed E-state index contributed by atoms with van der Waals surface area (Å²) in [6.07, 6.45) is 2.19. The second-order valence-corrected chi connectivity index (χ2v) is 7.67. The molecule has 2 aromatic rings. The number of hydrogen-bond acceptors (Lipinski definition) is 5. The van der Waals surface area contributed by atoms with Crippen LogP contribution in [0.15, 0.2) is 34.3 Å². The van der Waals surface area contributed by atoms with Gasteiger partial charge in [-0.25, -0.2) is 9.69 Å². The Kier molecular flexibility index (Phi) is 6.01. The summed E-state index contributed by atoms with van der Waals surface area (Å²) in [5.74, 6) is 0.484. The van der Waals surface area contributed by atoms with Crippen LogP contribution in [-0.4, -0.2) is 26.6 Å². The van der Waals surface area contributed by atoms with Crippen molar-refractivity contribution in [2.75, 3.05) is 5.01 Å². The molecule has 1 aliphatic rings. The van der Waals surface area contributed by atoms with Crippen molar-refractivity contribution in [1.29, 1.82) is 0 Å². The molecule has 1 aromatic heterocycles. The van der Waals surface area contributed by atoms with Crippen molar-refractivity contribution in [2.45, 2.75) is 51.6 Å². The fourth-order valence-corrected chi connectivity index (χ4v) is 4.12. The Labute approximate surface area is 167 Å². The van der Waals surface area contributed by atoms with Gasteiger partial charge in [-0.3, -0.25) is 9.59 Å². The number of benzene rings is 1. The molecule has 27 heavy (non-hydrogen) atoms. The Bertz CT molecular complexity index is 905. The molecule has 0 fully saturated rings. The Morgan fingerprint density at radius 2 is 1.74 bits per heavy atom. The van der Waals surface area contributed by atoms with Crippen molar-refractivity contribution in [3.05, 3.63) is 45.6 Å². The average Bonchev–Trinajstić information content (AvgIpc) is 3.02. The lowest BCUT2D eigenvalue weighted by molar-refractivity contribution is -0.119. The van der Waals surface area contributed by atoms with Gasteiger partial charge in [0.25, 0.3) is 0 Å². The van der Waals surface area contributed by atoms with Crippen LogP contribution in [0.3, 0.4) is 0 Å². The zero-order valence-corrected chi connectivity index (χ0v) is 17.1. The van der Waals surface area contributed by atoms with Gasteiger partial charge in [-0.1, -0.05) is 37.6 Å². The number of carbonyl (C=O) groups is 2. The predicted octanol–water partition coefficient (Wildman–Crippen LogP) is 4.35. The maximum Gasteiger partial charge on any atom is 0.246 e. The van der Waals surface area contributed by atoms with E-state index in [2.05, 4.69) is 10.2 Å². The van der Waals surface area contributed by atoms with E-state index in [0.29, 0.717) is 45.9 Å². The summed E-state index contributed by atoms with van der Waals surface area (Å²) in [5.41, 5.74) is 1.33. The highest BCUT2D eigenvalue weighted by Gasteiger charge is 2.35. The summed E-state index contributed by atoms with van der Waals surface area (Å²) < 4.78 is 1.69. The lowest BCUT2D eigenvalue weighted by Crippen LogP contribution is -2.42. The molecule has 0 saturated carbocycles. The number of Topliss-reactive ketones (excluding diaryl/α,β-unsaturated/α-hetero) is 1. The maximum atomic E-state index is 13.1. The molecule has 1 amide bonds. The quantitative estimate of drug-likeness (QED) is 0.715. The minimum atomic E-state index is -0.103. The molecular formula is C19H21ClN4O2S. The van der Waals surface area contributed by atoms with Crippen LogP contribution < -0.4 is 5.01 Å². The van der Waals surface area contributed by atoms with E-state index in [1.165, 1.54) is 11.8 Å². The third-order valence-corrected chi connectivity index (χ3v) is 5.45. The number of carbonyl (C=O) groups excluding carboxylic acids is 2. The number of rotatable bonds is 6. The number of thioether (sulfide) groups is 1. The van der Waals surface area contributed by atoms with Gasteiger partial charge in [0.15, 0.2) is 11.6 Å². The fraction of sp³-hybridized carbons (Fsp3) is 0.368. The third-order valence-electron chi connectivity index (χ3n) is 4.14. The molecule has 0 aliphatic carbocycles. The van der Waals surface area contributed by atoms with Gasteiger partial charge in [-0.2, -0.15) is 0 Å². The topological polar surface area (TPSA) is 68.1 Å². The zero-order chi connectivity index (χ0) is 19.6. The fourth-order valence-electron chi connectivity index (χ4n) is 2.91. The van der Waals surface area contributed by atoms with Crippen LogP contribution in [0.25, 0.3) is 5.70 Å². The van der Waals surface area contributed by atoms with Crippen LogP contribution in [0, 0.1) is 6.92 Å². The lowest BCUT2D eigenvalue weighted by atomic mass is 10.1. The van der Waals surface area contributed by atoms with Crippen LogP contribution in [0.2, 0.25) is 5.02 Å². The Morgan fingerprint density at radius 1 is 1.07 bits per heavy atom. The molecule has 0 bridgehead atoms. The molecule has 6 nitrogen and oxygen atoms in total. The van der Waals surface area contributed by atoms with Gasteiger partial charge >= 0.3 is 0 Å². The summed E-state index contributed by atoms with van der Waals surface area (Å²) in [6.45, 7) is 5.70. The van der Waals surface area contributed by atoms with Crippen LogP contribution in [-0.2, 0) is 9.59 Å². The van der Waals surface area contributed by atoms with E-state index in [4.69, 9.17) is 11.6 Å². The average molecular weight is 405 g/mol. The first-order valence-corrected chi connectivity index (χ1v) is 10.1. The van der Waals surface area contributed by atoms with Gasteiger partial charge in [0, 0.05) is 23.4 Å². The molecular weight excluding hydrogens is 384 g/mol. The van der Waals surface area contributed by atoms with Gasteiger partial charge in [-0.05, 0) is 43.7 Å². The van der Waals surface area contributed by atoms with Gasteiger partial charge in [-0.15, -0.1) is 10.2 Å². The maximum absolute atomic E-state index is 13.1. The smallest absolute Gasteiger partial charge is 0.246 e. The SMILES string of the molecule is CCCC(=O)C1=C(c2ccc(Cl)cc2)N(C(=O)CCC)n2c(C)nnc2S1. The number of ketones is 1. The first kappa shape index (κ1) is 19.6. The van der Waals surface area contributed by atoms with E-state index >= 15 is 0 Å². The molecule has 0 N–H and O–H groups in total. The zero-order valence-electron chi connectivity index (χ0n) is 15.5. The van der Waals surface area contributed by atoms with Crippen molar-refractivity contribution in [2.24, 2.45) is 0 Å². The molecule has 1 aromatic carbocycles. The van der Waals surface area contributed by atoms with E-state index in [0.717, 1.165) is 12.0 Å². The number of allylic oxidation sites excluding steroid dienone is 1. The minimum Gasteiger partial charge on any atom is -0.294 e. The van der Waals surface area contributed by atoms with Crippen LogP contribution in [0.1, 0.15) is 50.9 Å². The molecule has 8 heteroatoms. The van der Waals surface area contributed by atoms with E-state index in [-0.39, 0.29) is 11.7 Å². The van der Waals surface area contributed by atoms with Crippen molar-refractivity contribution < 1.29 is 9.59 Å². The second-order valence-electron chi connectivity index (χ2n) is 6.26. The van der Waals surface area contributed by atoms with Gasteiger partial charge < -0.3 is 0 Å². The monoisotopic (exact) mass is 404 g/mol. The first-order valence-electron chi connectivity index (χ1n) is 8.94. The summed E-state index contributed by atoms with van der Waals surface area (Å²) in [6, 6.07) is 7.17. The van der Waals surface area contributed by atoms with E-state index < -0.39 is 0 Å². The lowest BCUT2D eigenvalue weighted by Gasteiger charge is -2.33. The highest BCUT2D eigenvalue weighted by Crippen LogP contribution is 2.40. The highest BCUT2D eigenvalue weighted by molar-refractivity contribution is 8.04. The standard InChI is InChI=1S/C19H21ClN4O2S/c1-4-6-15(25)18-17(13-8-10-14(20)11-9-13)24(16(26)7-5-2)23-12(3)21-22-19(23)27-18/h8-11H,4-7H2,1-3H3. The normalized spacial score (nSPS) is 13.7. The molecule has 3 rings (SSSR count). The number of hydrogen-bond donors (Lipinski definition) is 0. The summed E-state index contributed by atoms with van der Waals surface area (Å²) in [7, 11) is 0. The van der Waals surface area contributed by atoms with Crippen LogP contribution >= 0.6 is 23.4 Å². The number of halogens is 1. The largest absolute Gasteiger partial charge is 0.294 e. The van der Waals surface area contributed by atoms with Crippen molar-refractivity contribution in [1.82, 2.24) is 14.9 Å². The molecule has 0 atom stereocenters. The van der Waals surface area contributed by atoms with Gasteiger partial charge in [0.2, 0.25) is 11.1 Å². The number of nitrogens with zero attached hydrogens (tertiary/aromatic N) is 4. The van der Waals surface area contributed by atoms with E-state index in [1.807, 2.05) is 26.0 Å². The number of fused-ring (bicyclic) bond motifs is 1. The minimum absolute atomic E-state index is 0.00588. The Hall–Kier alpha value is -2.12. The molecule has 1 aliphatic heterocycles. The second kappa shape index (κ2) is 8.27. The molecule has 142 valence electrons. The summed E-state index contributed by atoms with van der Waals surface area (Å²) in [4.78, 5) is 26.5. The molecule has 2 heterocycles. The molecule has 0 radical (unpaired) electrons.